The zero-order chi connectivity index (χ0) is 19.3. The second-order valence-electron chi connectivity index (χ2n) is 7.71. The molecular formula is C23H31N3OS. The highest BCUT2D eigenvalue weighted by atomic mass is 32.2. The number of thioether (sulfide) groups is 1. The standard InChI is InChI=1S/C23H31N3OS/c1-24-17-18-16-20(26-13-3-12-25(14-15-26)19-4-5-19)6-11-23(18)27-21-7-9-22(28-2)10-8-21/h6-11,16,19,24H,3-5,12-15,17H2,1-2H3. The van der Waals surface area contributed by atoms with Gasteiger partial charge in [-0.2, -0.15) is 0 Å². The minimum absolute atomic E-state index is 0.800. The maximum absolute atomic E-state index is 6.21. The van der Waals surface area contributed by atoms with Crippen molar-refractivity contribution in [2.24, 2.45) is 0 Å². The zero-order valence-electron chi connectivity index (χ0n) is 17.0. The molecule has 2 aromatic carbocycles. The van der Waals surface area contributed by atoms with Gasteiger partial charge in [0.2, 0.25) is 0 Å². The number of hydrogen-bond donors (Lipinski definition) is 1. The minimum Gasteiger partial charge on any atom is -0.457 e. The summed E-state index contributed by atoms with van der Waals surface area (Å²) in [5.74, 6) is 1.82. The zero-order valence-corrected chi connectivity index (χ0v) is 17.8. The van der Waals surface area contributed by atoms with E-state index in [-0.39, 0.29) is 0 Å². The fourth-order valence-electron chi connectivity index (χ4n) is 3.96. The Hall–Kier alpha value is -1.69. The highest BCUT2D eigenvalue weighted by Gasteiger charge is 2.30. The SMILES string of the molecule is CNCc1cc(N2CCCN(C3CC3)CC2)ccc1Oc1ccc(SC)cc1. The molecule has 0 amide bonds. The van der Waals surface area contributed by atoms with E-state index in [0.717, 1.165) is 37.2 Å². The Kier molecular flexibility index (Phi) is 6.45. The summed E-state index contributed by atoms with van der Waals surface area (Å²) in [6, 6.07) is 15.8. The maximum Gasteiger partial charge on any atom is 0.132 e. The summed E-state index contributed by atoms with van der Waals surface area (Å²) in [5, 5.41) is 3.29. The highest BCUT2D eigenvalue weighted by Crippen LogP contribution is 2.32. The molecule has 150 valence electrons. The lowest BCUT2D eigenvalue weighted by atomic mass is 10.1. The second kappa shape index (κ2) is 9.21. The average molecular weight is 398 g/mol. The third kappa shape index (κ3) is 4.83. The molecule has 1 aliphatic heterocycles. The summed E-state index contributed by atoms with van der Waals surface area (Å²) in [5.41, 5.74) is 2.52. The van der Waals surface area contributed by atoms with E-state index < -0.39 is 0 Å². The van der Waals surface area contributed by atoms with Crippen molar-refractivity contribution in [2.45, 2.75) is 36.7 Å². The first kappa shape index (κ1) is 19.6. The van der Waals surface area contributed by atoms with Gasteiger partial charge in [-0.05, 0) is 75.0 Å². The van der Waals surface area contributed by atoms with E-state index in [1.54, 1.807) is 11.8 Å². The van der Waals surface area contributed by atoms with Crippen LogP contribution in [0.4, 0.5) is 5.69 Å². The van der Waals surface area contributed by atoms with Gasteiger partial charge >= 0.3 is 0 Å². The predicted molar refractivity (Wildman–Crippen MR) is 119 cm³/mol. The molecule has 0 bridgehead atoms. The fraction of sp³-hybridized carbons (Fsp3) is 0.478. The van der Waals surface area contributed by atoms with Crippen LogP contribution in [0, 0.1) is 0 Å². The Labute approximate surface area is 173 Å². The van der Waals surface area contributed by atoms with E-state index >= 15 is 0 Å². The first-order valence-corrected chi connectivity index (χ1v) is 11.6. The summed E-state index contributed by atoms with van der Waals surface area (Å²) >= 11 is 1.75. The quantitative estimate of drug-likeness (QED) is 0.690. The van der Waals surface area contributed by atoms with Crippen molar-refractivity contribution in [1.29, 1.82) is 0 Å². The summed E-state index contributed by atoms with van der Waals surface area (Å²) in [4.78, 5) is 6.47. The molecule has 0 aromatic heterocycles. The molecule has 0 spiro atoms. The number of nitrogens with one attached hydrogen (secondary N) is 1. The molecule has 4 rings (SSSR count). The van der Waals surface area contributed by atoms with Crippen molar-refractivity contribution in [1.82, 2.24) is 10.2 Å². The van der Waals surface area contributed by atoms with Crippen molar-refractivity contribution in [3.8, 4) is 11.5 Å². The van der Waals surface area contributed by atoms with E-state index in [1.165, 1.54) is 48.5 Å². The minimum atomic E-state index is 0.800. The Morgan fingerprint density at radius 3 is 2.57 bits per heavy atom. The number of anilines is 1. The molecule has 1 saturated heterocycles. The van der Waals surface area contributed by atoms with Crippen LogP contribution < -0.4 is 15.0 Å². The van der Waals surface area contributed by atoms with Gasteiger partial charge < -0.3 is 15.0 Å². The van der Waals surface area contributed by atoms with Gasteiger partial charge in [-0.15, -0.1) is 11.8 Å². The molecule has 2 aromatic rings. The Morgan fingerprint density at radius 1 is 1.04 bits per heavy atom. The van der Waals surface area contributed by atoms with Crippen LogP contribution >= 0.6 is 11.8 Å². The average Bonchev–Trinajstić information content (AvgIpc) is 3.56. The molecule has 0 radical (unpaired) electrons. The van der Waals surface area contributed by atoms with Crippen molar-refractivity contribution in [3.63, 3.8) is 0 Å². The number of ether oxygens (including phenoxy) is 1. The Morgan fingerprint density at radius 2 is 1.86 bits per heavy atom. The van der Waals surface area contributed by atoms with Crippen molar-refractivity contribution < 1.29 is 4.74 Å². The number of nitrogens with zero attached hydrogens (tertiary/aromatic N) is 2. The normalized spacial score (nSPS) is 18.1. The third-order valence-electron chi connectivity index (χ3n) is 5.66. The van der Waals surface area contributed by atoms with Gasteiger partial charge in [0.25, 0.3) is 0 Å². The molecule has 5 heteroatoms. The highest BCUT2D eigenvalue weighted by molar-refractivity contribution is 7.98. The molecule has 1 saturated carbocycles. The molecule has 1 N–H and O–H groups in total. The van der Waals surface area contributed by atoms with Gasteiger partial charge in [0, 0.05) is 54.9 Å². The van der Waals surface area contributed by atoms with E-state index in [9.17, 15) is 0 Å². The maximum atomic E-state index is 6.21. The van der Waals surface area contributed by atoms with Crippen LogP contribution in [-0.2, 0) is 6.54 Å². The van der Waals surface area contributed by atoms with Crippen LogP contribution in [0.2, 0.25) is 0 Å². The van der Waals surface area contributed by atoms with Gasteiger partial charge in [-0.1, -0.05) is 0 Å². The van der Waals surface area contributed by atoms with Crippen molar-refractivity contribution in [2.75, 3.05) is 44.4 Å². The lowest BCUT2D eigenvalue weighted by Gasteiger charge is -2.25. The summed E-state index contributed by atoms with van der Waals surface area (Å²) in [7, 11) is 1.99. The molecule has 0 atom stereocenters. The van der Waals surface area contributed by atoms with Crippen LogP contribution in [0.1, 0.15) is 24.8 Å². The molecular weight excluding hydrogens is 366 g/mol. The van der Waals surface area contributed by atoms with Gasteiger partial charge in [0.05, 0.1) is 0 Å². The molecule has 28 heavy (non-hydrogen) atoms. The van der Waals surface area contributed by atoms with Gasteiger partial charge in [0.15, 0.2) is 0 Å². The molecule has 2 fully saturated rings. The monoisotopic (exact) mass is 397 g/mol. The third-order valence-corrected chi connectivity index (χ3v) is 6.40. The van der Waals surface area contributed by atoms with Crippen molar-refractivity contribution >= 4 is 17.4 Å². The predicted octanol–water partition coefficient (Wildman–Crippen LogP) is 4.59. The molecule has 1 aliphatic carbocycles. The van der Waals surface area contributed by atoms with Crippen LogP contribution in [-0.4, -0.2) is 50.4 Å². The Bertz CT molecular complexity index is 776. The van der Waals surface area contributed by atoms with Crippen molar-refractivity contribution in [3.05, 3.63) is 48.0 Å². The molecule has 1 heterocycles. The first-order chi connectivity index (χ1) is 13.8. The topological polar surface area (TPSA) is 27.7 Å². The molecule has 4 nitrogen and oxygen atoms in total. The van der Waals surface area contributed by atoms with Crippen LogP contribution in [0.3, 0.4) is 0 Å². The van der Waals surface area contributed by atoms with Gasteiger partial charge in [-0.25, -0.2) is 0 Å². The first-order valence-electron chi connectivity index (χ1n) is 10.4. The van der Waals surface area contributed by atoms with Crippen LogP contribution in [0.25, 0.3) is 0 Å². The van der Waals surface area contributed by atoms with E-state index in [2.05, 4.69) is 51.7 Å². The number of rotatable bonds is 7. The van der Waals surface area contributed by atoms with E-state index in [0.29, 0.717) is 0 Å². The smallest absolute Gasteiger partial charge is 0.132 e. The lowest BCUT2D eigenvalue weighted by molar-refractivity contribution is 0.283. The van der Waals surface area contributed by atoms with Crippen LogP contribution in [0.15, 0.2) is 47.4 Å². The van der Waals surface area contributed by atoms with E-state index in [4.69, 9.17) is 4.74 Å². The number of hydrogen-bond acceptors (Lipinski definition) is 5. The summed E-state index contributed by atoms with van der Waals surface area (Å²) in [6.07, 6.45) is 6.14. The lowest BCUT2D eigenvalue weighted by Crippen LogP contribution is -2.32. The second-order valence-corrected chi connectivity index (χ2v) is 8.59. The number of benzene rings is 2. The summed E-state index contributed by atoms with van der Waals surface area (Å²) < 4.78 is 6.21. The van der Waals surface area contributed by atoms with Gasteiger partial charge in [0.1, 0.15) is 11.5 Å². The fourth-order valence-corrected chi connectivity index (χ4v) is 4.37. The summed E-state index contributed by atoms with van der Waals surface area (Å²) in [6.45, 7) is 5.49. The van der Waals surface area contributed by atoms with E-state index in [1.807, 2.05) is 19.2 Å². The van der Waals surface area contributed by atoms with Gasteiger partial charge in [-0.3, -0.25) is 4.90 Å². The van der Waals surface area contributed by atoms with Crippen LogP contribution in [0.5, 0.6) is 11.5 Å². The molecule has 2 aliphatic rings. The molecule has 0 unspecified atom stereocenters. The largest absolute Gasteiger partial charge is 0.457 e. The Balaban J connectivity index is 1.49.